The largest absolute Gasteiger partial charge is 0.464 e. The topological polar surface area (TPSA) is 45.4 Å². The Kier molecular flexibility index (Phi) is 3.35. The number of furan rings is 1. The lowest BCUT2D eigenvalue weighted by atomic mass is 9.93. The summed E-state index contributed by atoms with van der Waals surface area (Å²) in [6.07, 6.45) is 5.80. The highest BCUT2D eigenvalue weighted by Gasteiger charge is 2.19. The van der Waals surface area contributed by atoms with Crippen molar-refractivity contribution in [3.63, 3.8) is 0 Å². The van der Waals surface area contributed by atoms with Crippen molar-refractivity contribution in [2.45, 2.75) is 44.4 Å². The lowest BCUT2D eigenvalue weighted by Crippen LogP contribution is -2.35. The first-order valence-electron chi connectivity index (χ1n) is 6.69. The average molecular weight is 245 g/mol. The molecule has 2 unspecified atom stereocenters. The summed E-state index contributed by atoms with van der Waals surface area (Å²) in [6, 6.07) is 8.53. The maximum atomic E-state index is 9.65. The smallest absolute Gasteiger partial charge is 0.134 e. The highest BCUT2D eigenvalue weighted by molar-refractivity contribution is 5.80. The third-order valence-corrected chi connectivity index (χ3v) is 3.79. The van der Waals surface area contributed by atoms with Gasteiger partial charge in [-0.15, -0.1) is 0 Å². The number of para-hydroxylation sites is 1. The molecule has 18 heavy (non-hydrogen) atoms. The van der Waals surface area contributed by atoms with Crippen LogP contribution in [-0.2, 0) is 6.54 Å². The van der Waals surface area contributed by atoms with Gasteiger partial charge in [-0.3, -0.25) is 0 Å². The molecule has 1 saturated carbocycles. The zero-order valence-corrected chi connectivity index (χ0v) is 10.4. The maximum Gasteiger partial charge on any atom is 0.134 e. The fraction of sp³-hybridized carbons (Fsp3) is 0.467. The van der Waals surface area contributed by atoms with Crippen LogP contribution in [0.2, 0.25) is 0 Å². The molecule has 0 radical (unpaired) electrons. The molecule has 3 rings (SSSR count). The van der Waals surface area contributed by atoms with Crippen LogP contribution in [-0.4, -0.2) is 17.3 Å². The van der Waals surface area contributed by atoms with E-state index in [-0.39, 0.29) is 6.10 Å². The molecular formula is C15H19NO2. The summed E-state index contributed by atoms with van der Waals surface area (Å²) in [5.41, 5.74) is 2.14. The number of benzene rings is 1. The van der Waals surface area contributed by atoms with E-state index in [1.54, 1.807) is 0 Å². The molecule has 1 aliphatic carbocycles. The first-order chi connectivity index (χ1) is 8.83. The number of nitrogens with one attached hydrogen (secondary N) is 1. The van der Waals surface area contributed by atoms with E-state index in [2.05, 4.69) is 11.4 Å². The Morgan fingerprint density at radius 1 is 1.28 bits per heavy atom. The Labute approximate surface area is 107 Å². The zero-order valence-electron chi connectivity index (χ0n) is 10.4. The van der Waals surface area contributed by atoms with E-state index < -0.39 is 0 Å². The Morgan fingerprint density at radius 2 is 2.17 bits per heavy atom. The summed E-state index contributed by atoms with van der Waals surface area (Å²) in [5.74, 6) is 0. The number of aliphatic hydroxyl groups excluding tert-OH is 1. The number of hydrogen-bond acceptors (Lipinski definition) is 3. The van der Waals surface area contributed by atoms with E-state index in [4.69, 9.17) is 4.42 Å². The number of fused-ring (bicyclic) bond motifs is 1. The molecule has 2 atom stereocenters. The summed E-state index contributed by atoms with van der Waals surface area (Å²) in [7, 11) is 0. The van der Waals surface area contributed by atoms with Crippen LogP contribution in [0.5, 0.6) is 0 Å². The van der Waals surface area contributed by atoms with Crippen molar-refractivity contribution in [2.75, 3.05) is 0 Å². The maximum absolute atomic E-state index is 9.65. The van der Waals surface area contributed by atoms with Gasteiger partial charge in [0.25, 0.3) is 0 Å². The SMILES string of the molecule is OC1CCCC(NCc2coc3ccccc23)C1. The van der Waals surface area contributed by atoms with Gasteiger partial charge in [0.1, 0.15) is 5.58 Å². The lowest BCUT2D eigenvalue weighted by molar-refractivity contribution is 0.111. The van der Waals surface area contributed by atoms with Gasteiger partial charge in [-0.1, -0.05) is 18.2 Å². The lowest BCUT2D eigenvalue weighted by Gasteiger charge is -2.26. The van der Waals surface area contributed by atoms with Crippen molar-refractivity contribution in [3.8, 4) is 0 Å². The highest BCUT2D eigenvalue weighted by Crippen LogP contribution is 2.22. The first kappa shape index (κ1) is 11.8. The molecule has 2 aromatic rings. The monoisotopic (exact) mass is 245 g/mol. The van der Waals surface area contributed by atoms with E-state index in [1.165, 1.54) is 10.9 Å². The van der Waals surface area contributed by atoms with Crippen molar-refractivity contribution in [3.05, 3.63) is 36.1 Å². The van der Waals surface area contributed by atoms with E-state index in [0.29, 0.717) is 6.04 Å². The standard InChI is InChI=1S/C15H19NO2/c17-13-5-3-4-12(8-13)16-9-11-10-18-15-7-2-1-6-14(11)15/h1-2,6-7,10,12-13,16-17H,3-5,8-9H2. The summed E-state index contributed by atoms with van der Waals surface area (Å²) >= 11 is 0. The second-order valence-electron chi connectivity index (χ2n) is 5.16. The van der Waals surface area contributed by atoms with E-state index in [9.17, 15) is 5.11 Å². The summed E-state index contributed by atoms with van der Waals surface area (Å²) < 4.78 is 5.52. The summed E-state index contributed by atoms with van der Waals surface area (Å²) in [6.45, 7) is 0.814. The van der Waals surface area contributed by atoms with Gasteiger partial charge in [-0.25, -0.2) is 0 Å². The first-order valence-corrected chi connectivity index (χ1v) is 6.69. The Balaban J connectivity index is 1.66. The summed E-state index contributed by atoms with van der Waals surface area (Å²) in [5, 5.41) is 14.4. The van der Waals surface area contributed by atoms with E-state index in [1.807, 2.05) is 24.5 Å². The summed E-state index contributed by atoms with van der Waals surface area (Å²) in [4.78, 5) is 0. The van der Waals surface area contributed by atoms with Crippen molar-refractivity contribution in [2.24, 2.45) is 0 Å². The predicted octanol–water partition coefficient (Wildman–Crippen LogP) is 2.83. The van der Waals surface area contributed by atoms with E-state index >= 15 is 0 Å². The third kappa shape index (κ3) is 2.42. The Bertz CT molecular complexity index is 520. The molecule has 3 nitrogen and oxygen atoms in total. The zero-order chi connectivity index (χ0) is 12.4. The van der Waals surface area contributed by atoms with Gasteiger partial charge in [-0.2, -0.15) is 0 Å². The van der Waals surface area contributed by atoms with Crippen LogP contribution >= 0.6 is 0 Å². The molecule has 1 fully saturated rings. The second kappa shape index (κ2) is 5.12. The van der Waals surface area contributed by atoms with Gasteiger partial charge in [0.2, 0.25) is 0 Å². The van der Waals surface area contributed by atoms with Gasteiger partial charge >= 0.3 is 0 Å². The molecule has 0 spiro atoms. The molecule has 1 heterocycles. The molecular weight excluding hydrogens is 226 g/mol. The molecule has 3 heteroatoms. The number of aliphatic hydroxyl groups is 1. The van der Waals surface area contributed by atoms with Crippen LogP contribution in [0.4, 0.5) is 0 Å². The number of hydrogen-bond donors (Lipinski definition) is 2. The van der Waals surface area contributed by atoms with Crippen molar-refractivity contribution < 1.29 is 9.52 Å². The normalized spacial score (nSPS) is 24.5. The fourth-order valence-electron chi connectivity index (χ4n) is 2.77. The van der Waals surface area contributed by atoms with Gasteiger partial charge < -0.3 is 14.8 Å². The van der Waals surface area contributed by atoms with Crippen molar-refractivity contribution in [1.82, 2.24) is 5.32 Å². The van der Waals surface area contributed by atoms with E-state index in [0.717, 1.165) is 37.8 Å². The molecule has 2 N–H and O–H groups in total. The highest BCUT2D eigenvalue weighted by atomic mass is 16.3. The van der Waals surface area contributed by atoms with Crippen LogP contribution in [0.25, 0.3) is 11.0 Å². The molecule has 0 aliphatic heterocycles. The molecule has 0 bridgehead atoms. The minimum Gasteiger partial charge on any atom is -0.464 e. The number of rotatable bonds is 3. The van der Waals surface area contributed by atoms with Crippen LogP contribution in [0, 0.1) is 0 Å². The molecule has 1 aliphatic rings. The predicted molar refractivity (Wildman–Crippen MR) is 71.3 cm³/mol. The van der Waals surface area contributed by atoms with Crippen LogP contribution in [0.1, 0.15) is 31.2 Å². The minimum absolute atomic E-state index is 0.127. The van der Waals surface area contributed by atoms with Crippen LogP contribution < -0.4 is 5.32 Å². The van der Waals surface area contributed by atoms with Gasteiger partial charge in [0.15, 0.2) is 0 Å². The van der Waals surface area contributed by atoms with Crippen molar-refractivity contribution in [1.29, 1.82) is 0 Å². The Hall–Kier alpha value is -1.32. The Morgan fingerprint density at radius 3 is 3.06 bits per heavy atom. The molecule has 1 aromatic heterocycles. The quantitative estimate of drug-likeness (QED) is 0.874. The van der Waals surface area contributed by atoms with Gasteiger partial charge in [0.05, 0.1) is 12.4 Å². The second-order valence-corrected chi connectivity index (χ2v) is 5.16. The van der Waals surface area contributed by atoms with Gasteiger partial charge in [0, 0.05) is 23.5 Å². The molecule has 0 saturated heterocycles. The molecule has 96 valence electrons. The molecule has 0 amide bonds. The third-order valence-electron chi connectivity index (χ3n) is 3.79. The molecule has 1 aromatic carbocycles. The van der Waals surface area contributed by atoms with Crippen LogP contribution in [0.3, 0.4) is 0 Å². The minimum atomic E-state index is -0.127. The fourth-order valence-corrected chi connectivity index (χ4v) is 2.77. The van der Waals surface area contributed by atoms with Crippen molar-refractivity contribution >= 4 is 11.0 Å². The average Bonchev–Trinajstić information content (AvgIpc) is 2.80. The van der Waals surface area contributed by atoms with Crippen LogP contribution in [0.15, 0.2) is 34.9 Å². The van der Waals surface area contributed by atoms with Gasteiger partial charge in [-0.05, 0) is 31.7 Å².